The van der Waals surface area contributed by atoms with Gasteiger partial charge in [-0.05, 0) is 49.1 Å². The summed E-state index contributed by atoms with van der Waals surface area (Å²) in [5.74, 6) is 0.983. The second kappa shape index (κ2) is 5.96. The van der Waals surface area contributed by atoms with E-state index in [1.54, 1.807) is 0 Å². The molecule has 1 aromatic rings. The topological polar surface area (TPSA) is 46.3 Å². The Morgan fingerprint density at radius 3 is 2.40 bits per heavy atom. The van der Waals surface area contributed by atoms with E-state index in [0.717, 1.165) is 38.3 Å². The minimum absolute atomic E-state index is 0.0557. The van der Waals surface area contributed by atoms with Crippen molar-refractivity contribution >= 4 is 5.91 Å². The third-order valence-electron chi connectivity index (χ3n) is 4.56. The van der Waals surface area contributed by atoms with Crippen molar-refractivity contribution < 1.29 is 4.79 Å². The predicted molar refractivity (Wildman–Crippen MR) is 80.5 cm³/mol. The molecular formula is C17H24N2O. The van der Waals surface area contributed by atoms with Crippen LogP contribution in [0.25, 0.3) is 0 Å². The Morgan fingerprint density at radius 1 is 1.20 bits per heavy atom. The third-order valence-corrected chi connectivity index (χ3v) is 4.56. The molecule has 0 spiro atoms. The van der Waals surface area contributed by atoms with Crippen molar-refractivity contribution in [1.29, 1.82) is 0 Å². The molecule has 1 atom stereocenters. The van der Waals surface area contributed by atoms with E-state index in [0.29, 0.717) is 6.54 Å². The van der Waals surface area contributed by atoms with Crippen LogP contribution in [0.5, 0.6) is 0 Å². The molecule has 1 aliphatic heterocycles. The van der Waals surface area contributed by atoms with Crippen molar-refractivity contribution in [2.24, 2.45) is 11.7 Å². The SMILES string of the molecule is NCC(Cc1ccc(C2CC2)cc1)C(=O)N1CCCC1. The van der Waals surface area contributed by atoms with Gasteiger partial charge in [-0.15, -0.1) is 0 Å². The molecule has 2 aliphatic rings. The standard InChI is InChI=1S/C17H24N2O/c18-12-16(17(20)19-9-1-2-10-19)11-13-3-5-14(6-4-13)15-7-8-15/h3-6,15-16H,1-2,7-12,18H2. The molecule has 3 rings (SSSR count). The van der Waals surface area contributed by atoms with Crippen LogP contribution in [0.4, 0.5) is 0 Å². The van der Waals surface area contributed by atoms with E-state index in [1.165, 1.54) is 24.0 Å². The molecule has 20 heavy (non-hydrogen) atoms. The Kier molecular flexibility index (Phi) is 4.06. The van der Waals surface area contributed by atoms with Gasteiger partial charge in [0.05, 0.1) is 5.92 Å². The van der Waals surface area contributed by atoms with Gasteiger partial charge < -0.3 is 10.6 Å². The highest BCUT2D eigenvalue weighted by Crippen LogP contribution is 2.39. The lowest BCUT2D eigenvalue weighted by Gasteiger charge is -2.22. The first-order valence-electron chi connectivity index (χ1n) is 7.85. The third kappa shape index (κ3) is 3.04. The lowest BCUT2D eigenvalue weighted by atomic mass is 9.96. The first-order chi connectivity index (χ1) is 9.78. The number of rotatable bonds is 5. The molecule has 1 saturated carbocycles. The van der Waals surface area contributed by atoms with Crippen LogP contribution in [0.1, 0.15) is 42.7 Å². The number of benzene rings is 1. The molecule has 1 aromatic carbocycles. The van der Waals surface area contributed by atoms with Crippen LogP contribution in [0.15, 0.2) is 24.3 Å². The van der Waals surface area contributed by atoms with E-state index < -0.39 is 0 Å². The van der Waals surface area contributed by atoms with Gasteiger partial charge in [-0.25, -0.2) is 0 Å². The van der Waals surface area contributed by atoms with Crippen LogP contribution in [0.2, 0.25) is 0 Å². The van der Waals surface area contributed by atoms with Gasteiger partial charge in [0.1, 0.15) is 0 Å². The average molecular weight is 272 g/mol. The van der Waals surface area contributed by atoms with Crippen molar-refractivity contribution in [3.63, 3.8) is 0 Å². The van der Waals surface area contributed by atoms with Crippen molar-refractivity contribution in [2.45, 2.75) is 38.0 Å². The van der Waals surface area contributed by atoms with Gasteiger partial charge in [0, 0.05) is 19.6 Å². The highest BCUT2D eigenvalue weighted by Gasteiger charge is 2.26. The maximum absolute atomic E-state index is 12.4. The van der Waals surface area contributed by atoms with E-state index in [9.17, 15) is 4.79 Å². The molecule has 2 fully saturated rings. The maximum atomic E-state index is 12.4. The zero-order valence-electron chi connectivity index (χ0n) is 12.1. The molecule has 3 nitrogen and oxygen atoms in total. The molecular weight excluding hydrogens is 248 g/mol. The zero-order chi connectivity index (χ0) is 13.9. The molecule has 1 unspecified atom stereocenters. The molecule has 1 amide bonds. The van der Waals surface area contributed by atoms with Gasteiger partial charge in [-0.2, -0.15) is 0 Å². The Hall–Kier alpha value is -1.35. The van der Waals surface area contributed by atoms with E-state index >= 15 is 0 Å². The molecule has 0 bridgehead atoms. The highest BCUT2D eigenvalue weighted by atomic mass is 16.2. The Morgan fingerprint density at radius 2 is 1.85 bits per heavy atom. The average Bonchev–Trinajstić information content (AvgIpc) is 3.19. The summed E-state index contributed by atoms with van der Waals surface area (Å²) in [6.45, 7) is 2.27. The quantitative estimate of drug-likeness (QED) is 0.894. The monoisotopic (exact) mass is 272 g/mol. The number of nitrogens with zero attached hydrogens (tertiary/aromatic N) is 1. The molecule has 2 N–H and O–H groups in total. The Bertz CT molecular complexity index is 458. The smallest absolute Gasteiger partial charge is 0.227 e. The molecule has 1 heterocycles. The van der Waals surface area contributed by atoms with Crippen LogP contribution in [-0.4, -0.2) is 30.4 Å². The fraction of sp³-hybridized carbons (Fsp3) is 0.588. The normalized spacial score (nSPS) is 20.1. The van der Waals surface area contributed by atoms with Crippen LogP contribution in [0, 0.1) is 5.92 Å². The zero-order valence-corrected chi connectivity index (χ0v) is 12.1. The molecule has 0 aromatic heterocycles. The summed E-state index contributed by atoms with van der Waals surface area (Å²) >= 11 is 0. The summed E-state index contributed by atoms with van der Waals surface area (Å²) in [5, 5.41) is 0. The molecule has 1 saturated heterocycles. The van der Waals surface area contributed by atoms with Crippen LogP contribution in [-0.2, 0) is 11.2 Å². The van der Waals surface area contributed by atoms with Gasteiger partial charge in [0.25, 0.3) is 0 Å². The minimum Gasteiger partial charge on any atom is -0.342 e. The fourth-order valence-corrected chi connectivity index (χ4v) is 3.09. The summed E-state index contributed by atoms with van der Waals surface area (Å²) < 4.78 is 0. The first-order valence-corrected chi connectivity index (χ1v) is 7.85. The van der Waals surface area contributed by atoms with E-state index in [2.05, 4.69) is 24.3 Å². The molecule has 0 radical (unpaired) electrons. The van der Waals surface area contributed by atoms with Crippen LogP contribution >= 0.6 is 0 Å². The van der Waals surface area contributed by atoms with Gasteiger partial charge in [0.2, 0.25) is 5.91 Å². The van der Waals surface area contributed by atoms with Crippen molar-refractivity contribution in [3.8, 4) is 0 Å². The van der Waals surface area contributed by atoms with Crippen LogP contribution in [0.3, 0.4) is 0 Å². The van der Waals surface area contributed by atoms with Crippen LogP contribution < -0.4 is 5.73 Å². The molecule has 1 aliphatic carbocycles. The Labute approximate surface area is 121 Å². The summed E-state index contributed by atoms with van der Waals surface area (Å²) in [7, 11) is 0. The summed E-state index contributed by atoms with van der Waals surface area (Å²) in [4.78, 5) is 14.4. The van der Waals surface area contributed by atoms with Crippen molar-refractivity contribution in [3.05, 3.63) is 35.4 Å². The number of hydrogen-bond acceptors (Lipinski definition) is 2. The lowest BCUT2D eigenvalue weighted by Crippen LogP contribution is -2.38. The molecule has 108 valence electrons. The first kappa shape index (κ1) is 13.6. The Balaban J connectivity index is 1.62. The highest BCUT2D eigenvalue weighted by molar-refractivity contribution is 5.79. The van der Waals surface area contributed by atoms with Gasteiger partial charge >= 0.3 is 0 Å². The number of carbonyl (C=O) groups is 1. The number of likely N-dealkylation sites (tertiary alicyclic amines) is 1. The van der Waals surface area contributed by atoms with Gasteiger partial charge in [-0.3, -0.25) is 4.79 Å². The van der Waals surface area contributed by atoms with Gasteiger partial charge in [-0.1, -0.05) is 24.3 Å². The predicted octanol–water partition coefficient (Wildman–Crippen LogP) is 2.30. The summed E-state index contributed by atoms with van der Waals surface area (Å²) in [5.41, 5.74) is 8.51. The second-order valence-electron chi connectivity index (χ2n) is 6.18. The van der Waals surface area contributed by atoms with Gasteiger partial charge in [0.15, 0.2) is 0 Å². The largest absolute Gasteiger partial charge is 0.342 e. The number of nitrogens with two attached hydrogens (primary N) is 1. The summed E-state index contributed by atoms with van der Waals surface area (Å²) in [6, 6.07) is 8.79. The maximum Gasteiger partial charge on any atom is 0.227 e. The van der Waals surface area contributed by atoms with Crippen molar-refractivity contribution in [2.75, 3.05) is 19.6 Å². The summed E-state index contributed by atoms with van der Waals surface area (Å²) in [6.07, 6.45) is 5.71. The lowest BCUT2D eigenvalue weighted by molar-refractivity contribution is -0.134. The minimum atomic E-state index is -0.0557. The van der Waals surface area contributed by atoms with Crippen molar-refractivity contribution in [1.82, 2.24) is 4.90 Å². The number of carbonyl (C=O) groups excluding carboxylic acids is 1. The molecule has 3 heteroatoms. The van der Waals surface area contributed by atoms with E-state index in [1.807, 2.05) is 4.90 Å². The second-order valence-corrected chi connectivity index (χ2v) is 6.18. The fourth-order valence-electron chi connectivity index (χ4n) is 3.09. The van der Waals surface area contributed by atoms with E-state index in [-0.39, 0.29) is 11.8 Å². The van der Waals surface area contributed by atoms with E-state index in [4.69, 9.17) is 5.73 Å². The number of hydrogen-bond donors (Lipinski definition) is 1. The number of amides is 1.